The van der Waals surface area contributed by atoms with E-state index < -0.39 is 0 Å². The number of fused-ring (bicyclic) bond motifs is 1. The molecule has 4 aromatic rings. The minimum absolute atomic E-state index is 0.857. The number of allylic oxidation sites excluding steroid dienone is 10. The molecular weight excluding hydrogens is 470 g/mol. The van der Waals surface area contributed by atoms with E-state index in [1.165, 1.54) is 44.2 Å². The van der Waals surface area contributed by atoms with Crippen LogP contribution in [0.25, 0.3) is 27.5 Å². The van der Waals surface area contributed by atoms with Gasteiger partial charge in [-0.2, -0.15) is 0 Å². The second-order valence-electron chi connectivity index (χ2n) is 9.72. The molecule has 194 valence electrons. The summed E-state index contributed by atoms with van der Waals surface area (Å²) in [6.07, 6.45) is 15.9. The highest BCUT2D eigenvalue weighted by Crippen LogP contribution is 2.37. The summed E-state index contributed by atoms with van der Waals surface area (Å²) in [4.78, 5) is 4.31. The fourth-order valence-corrected chi connectivity index (χ4v) is 5.00. The Morgan fingerprint density at radius 2 is 1.64 bits per heavy atom. The van der Waals surface area contributed by atoms with Crippen molar-refractivity contribution in [2.75, 3.05) is 0 Å². The van der Waals surface area contributed by atoms with Crippen LogP contribution >= 0.6 is 0 Å². The first-order valence-electron chi connectivity index (χ1n) is 13.6. The van der Waals surface area contributed by atoms with Gasteiger partial charge in [0.1, 0.15) is 0 Å². The summed E-state index contributed by atoms with van der Waals surface area (Å²) >= 11 is 0. The first-order valence-corrected chi connectivity index (χ1v) is 13.6. The molecule has 0 radical (unpaired) electrons. The zero-order chi connectivity index (χ0) is 27.6. The number of rotatable bonds is 10. The van der Waals surface area contributed by atoms with Crippen molar-refractivity contribution in [3.8, 4) is 11.1 Å². The Hall–Kier alpha value is -4.49. The summed E-state index contributed by atoms with van der Waals surface area (Å²) in [5.41, 5.74) is 10.7. The summed E-state index contributed by atoms with van der Waals surface area (Å²) in [5.74, 6) is 0. The molecule has 0 bridgehead atoms. The van der Waals surface area contributed by atoms with Crippen LogP contribution in [0.5, 0.6) is 0 Å². The first-order chi connectivity index (χ1) is 19.0. The molecule has 39 heavy (non-hydrogen) atoms. The minimum Gasteiger partial charge on any atom is -0.264 e. The summed E-state index contributed by atoms with van der Waals surface area (Å²) in [6.45, 7) is 14.7. The van der Waals surface area contributed by atoms with Crippen LogP contribution in [-0.4, -0.2) is 4.98 Å². The number of nitrogens with zero attached hydrogens (tertiary/aromatic N) is 1. The molecular formula is C38H37N. The lowest BCUT2D eigenvalue weighted by molar-refractivity contribution is 0.992. The molecule has 0 amide bonds. The maximum Gasteiger partial charge on any atom is 0.0346 e. The van der Waals surface area contributed by atoms with Gasteiger partial charge in [0, 0.05) is 12.4 Å². The fourth-order valence-electron chi connectivity index (χ4n) is 5.00. The van der Waals surface area contributed by atoms with Gasteiger partial charge in [-0.25, -0.2) is 0 Å². The van der Waals surface area contributed by atoms with E-state index in [1.54, 1.807) is 0 Å². The highest BCUT2D eigenvalue weighted by atomic mass is 14.6. The fraction of sp³-hybridized carbons (Fsp3) is 0.132. The molecule has 1 nitrogen and oxygen atoms in total. The summed E-state index contributed by atoms with van der Waals surface area (Å²) in [7, 11) is 0. The predicted octanol–water partition coefficient (Wildman–Crippen LogP) is 10.5. The molecule has 0 aliphatic carbocycles. The monoisotopic (exact) mass is 507 g/mol. The highest BCUT2D eigenvalue weighted by Gasteiger charge is 2.17. The van der Waals surface area contributed by atoms with Crippen molar-refractivity contribution < 1.29 is 0 Å². The van der Waals surface area contributed by atoms with Gasteiger partial charge in [-0.1, -0.05) is 128 Å². The number of benzene rings is 3. The van der Waals surface area contributed by atoms with E-state index in [2.05, 4.69) is 130 Å². The van der Waals surface area contributed by atoms with E-state index in [9.17, 15) is 0 Å². The van der Waals surface area contributed by atoms with Crippen LogP contribution in [0, 0.1) is 0 Å². The van der Waals surface area contributed by atoms with Crippen LogP contribution in [0.3, 0.4) is 0 Å². The first kappa shape index (κ1) is 27.5. The molecule has 1 heteroatoms. The number of hydrogen-bond acceptors (Lipinski definition) is 1. The topological polar surface area (TPSA) is 12.9 Å². The predicted molar refractivity (Wildman–Crippen MR) is 171 cm³/mol. The van der Waals surface area contributed by atoms with Gasteiger partial charge in [0.05, 0.1) is 0 Å². The van der Waals surface area contributed by atoms with Crippen molar-refractivity contribution in [1.29, 1.82) is 0 Å². The Morgan fingerprint density at radius 1 is 0.846 bits per heavy atom. The van der Waals surface area contributed by atoms with Crippen LogP contribution in [0.1, 0.15) is 38.3 Å². The number of pyridine rings is 1. The van der Waals surface area contributed by atoms with Crippen LogP contribution < -0.4 is 0 Å². The third-order valence-electron chi connectivity index (χ3n) is 6.92. The molecule has 0 saturated carbocycles. The van der Waals surface area contributed by atoms with Gasteiger partial charge in [-0.05, 0) is 88.6 Å². The van der Waals surface area contributed by atoms with E-state index in [0.717, 1.165) is 29.6 Å². The number of hydrogen-bond donors (Lipinski definition) is 0. The summed E-state index contributed by atoms with van der Waals surface area (Å²) < 4.78 is 0. The third-order valence-corrected chi connectivity index (χ3v) is 6.92. The van der Waals surface area contributed by atoms with Crippen molar-refractivity contribution in [2.45, 2.75) is 33.6 Å². The Kier molecular flexibility index (Phi) is 9.43. The van der Waals surface area contributed by atoms with Crippen LogP contribution in [0.2, 0.25) is 0 Å². The van der Waals surface area contributed by atoms with Crippen LogP contribution in [0.15, 0.2) is 157 Å². The van der Waals surface area contributed by atoms with E-state index in [4.69, 9.17) is 0 Å². The molecule has 1 heterocycles. The van der Waals surface area contributed by atoms with Crippen LogP contribution in [0.4, 0.5) is 0 Å². The van der Waals surface area contributed by atoms with E-state index >= 15 is 0 Å². The molecule has 0 atom stereocenters. The smallest absolute Gasteiger partial charge is 0.0346 e. The molecule has 0 fully saturated rings. The van der Waals surface area contributed by atoms with Gasteiger partial charge in [0.15, 0.2) is 0 Å². The lowest BCUT2D eigenvalue weighted by Crippen LogP contribution is -2.01. The van der Waals surface area contributed by atoms with Gasteiger partial charge >= 0.3 is 0 Å². The quantitative estimate of drug-likeness (QED) is 0.195. The summed E-state index contributed by atoms with van der Waals surface area (Å²) in [5, 5.41) is 2.46. The van der Waals surface area contributed by atoms with Gasteiger partial charge in [-0.15, -0.1) is 0 Å². The molecule has 4 rings (SSSR count). The normalized spacial score (nSPS) is 13.0. The SMILES string of the molecule is C=C\C=C/C(C(=C)C)=C(C(/C=C\C)=C(/CC)Cc1cccc(-c2cccnc2)c1)\c1ccc2ccccc2c1. The maximum atomic E-state index is 4.38. The van der Waals surface area contributed by atoms with Gasteiger partial charge in [0.2, 0.25) is 0 Å². The molecule has 0 saturated heterocycles. The molecule has 0 spiro atoms. The largest absolute Gasteiger partial charge is 0.264 e. The van der Waals surface area contributed by atoms with E-state index in [-0.39, 0.29) is 0 Å². The Balaban J connectivity index is 1.94. The summed E-state index contributed by atoms with van der Waals surface area (Å²) in [6, 6.07) is 28.2. The molecule has 0 aliphatic rings. The van der Waals surface area contributed by atoms with E-state index in [0.29, 0.717) is 0 Å². The standard InChI is InChI=1S/C38H37N/c1-6-9-20-36(28(4)5)38(34-22-21-31-16-10-11-17-33(31)26-34)37(14-7-2)30(8-3)24-29-15-12-18-32(25-29)35-19-13-23-39-27-35/h6-7,9-23,25-27H,1,4,8,24H2,2-3,5H3/b14-7-,20-9-,37-30-,38-36-. The molecule has 0 aliphatic heterocycles. The molecule has 3 aromatic carbocycles. The van der Waals surface area contributed by atoms with Gasteiger partial charge in [0.25, 0.3) is 0 Å². The second-order valence-corrected chi connectivity index (χ2v) is 9.72. The lowest BCUT2D eigenvalue weighted by atomic mass is 9.84. The second kappa shape index (κ2) is 13.3. The Bertz CT molecular complexity index is 1590. The number of aromatic nitrogens is 1. The van der Waals surface area contributed by atoms with Crippen LogP contribution in [-0.2, 0) is 6.42 Å². The van der Waals surface area contributed by atoms with Gasteiger partial charge < -0.3 is 0 Å². The Morgan fingerprint density at radius 3 is 2.33 bits per heavy atom. The molecule has 0 N–H and O–H groups in total. The van der Waals surface area contributed by atoms with Gasteiger partial charge in [-0.3, -0.25) is 4.98 Å². The molecule has 1 aromatic heterocycles. The van der Waals surface area contributed by atoms with Crippen molar-refractivity contribution in [3.63, 3.8) is 0 Å². The average molecular weight is 508 g/mol. The van der Waals surface area contributed by atoms with E-state index in [1.807, 2.05) is 30.6 Å². The van der Waals surface area contributed by atoms with Crippen molar-refractivity contribution in [1.82, 2.24) is 4.98 Å². The lowest BCUT2D eigenvalue weighted by Gasteiger charge is -2.20. The maximum absolute atomic E-state index is 4.38. The average Bonchev–Trinajstić information content (AvgIpc) is 2.97. The zero-order valence-corrected chi connectivity index (χ0v) is 23.3. The molecule has 0 unspecified atom stereocenters. The van der Waals surface area contributed by atoms with Crippen molar-refractivity contribution in [3.05, 3.63) is 168 Å². The highest BCUT2D eigenvalue weighted by molar-refractivity contribution is 5.93. The zero-order valence-electron chi connectivity index (χ0n) is 23.3. The Labute approximate surface area is 234 Å². The van der Waals surface area contributed by atoms with Crippen molar-refractivity contribution in [2.24, 2.45) is 0 Å². The third kappa shape index (κ3) is 6.69. The van der Waals surface area contributed by atoms with Crippen molar-refractivity contribution >= 4 is 16.3 Å². The minimum atomic E-state index is 0.857.